The van der Waals surface area contributed by atoms with Gasteiger partial charge < -0.3 is 10.2 Å². The Labute approximate surface area is 149 Å². The van der Waals surface area contributed by atoms with Gasteiger partial charge in [0.05, 0.1) is 0 Å². The Balaban J connectivity index is 1.40. The summed E-state index contributed by atoms with van der Waals surface area (Å²) >= 11 is 0. The molecule has 2 aromatic rings. The summed E-state index contributed by atoms with van der Waals surface area (Å²) in [6, 6.07) is 10.7. The molecule has 4 rings (SSSR count). The molecule has 5 heteroatoms. The molecule has 0 saturated carbocycles. The molecule has 3 heterocycles. The minimum Gasteiger partial charge on any atom is -0.337 e. The number of benzene rings is 1. The summed E-state index contributed by atoms with van der Waals surface area (Å²) in [5, 5.41) is 7.90. The lowest BCUT2D eigenvalue weighted by molar-refractivity contribution is 0.0682. The van der Waals surface area contributed by atoms with E-state index >= 15 is 0 Å². The van der Waals surface area contributed by atoms with Crippen LogP contribution in [0.4, 0.5) is 0 Å². The number of carbonyl (C=O) groups excluding carboxylic acids is 1. The lowest BCUT2D eigenvalue weighted by atomic mass is 9.90. The Morgan fingerprint density at radius 2 is 2.00 bits per heavy atom. The van der Waals surface area contributed by atoms with Crippen LogP contribution < -0.4 is 5.32 Å². The van der Waals surface area contributed by atoms with Gasteiger partial charge in [-0.2, -0.15) is 5.10 Å². The Bertz CT molecular complexity index is 745. The average molecular weight is 338 g/mol. The second kappa shape index (κ2) is 7.00. The predicted molar refractivity (Wildman–Crippen MR) is 97.4 cm³/mol. The van der Waals surface area contributed by atoms with Crippen LogP contribution in [-0.2, 0) is 26.4 Å². The zero-order valence-electron chi connectivity index (χ0n) is 14.9. The van der Waals surface area contributed by atoms with Crippen molar-refractivity contribution in [2.75, 3.05) is 19.6 Å². The largest absolute Gasteiger partial charge is 0.337 e. The smallest absolute Gasteiger partial charge is 0.274 e. The van der Waals surface area contributed by atoms with E-state index in [1.54, 1.807) is 0 Å². The number of aromatic nitrogens is 2. The molecule has 0 atom stereocenters. The van der Waals surface area contributed by atoms with Gasteiger partial charge in [0.2, 0.25) is 0 Å². The molecule has 1 aromatic heterocycles. The van der Waals surface area contributed by atoms with Crippen LogP contribution in [0.1, 0.15) is 40.2 Å². The molecule has 5 nitrogen and oxygen atoms in total. The Morgan fingerprint density at radius 3 is 2.76 bits per heavy atom. The van der Waals surface area contributed by atoms with Gasteiger partial charge in [-0.05, 0) is 30.7 Å². The molecular formula is C20H26N4O. The molecule has 0 bridgehead atoms. The summed E-state index contributed by atoms with van der Waals surface area (Å²) in [5.74, 6) is 0.782. The third-order valence-corrected chi connectivity index (χ3v) is 5.59. The summed E-state index contributed by atoms with van der Waals surface area (Å²) in [5.41, 5.74) is 4.37. The number of fused-ring (bicyclic) bond motifs is 1. The molecule has 1 amide bonds. The van der Waals surface area contributed by atoms with E-state index in [2.05, 4.69) is 40.7 Å². The maximum Gasteiger partial charge on any atom is 0.274 e. The zero-order valence-corrected chi connectivity index (χ0v) is 14.9. The molecule has 1 fully saturated rings. The van der Waals surface area contributed by atoms with E-state index in [0.717, 1.165) is 57.4 Å². The number of likely N-dealkylation sites (tertiary alicyclic amines) is 1. The van der Waals surface area contributed by atoms with Crippen molar-refractivity contribution in [2.24, 2.45) is 13.0 Å². The highest BCUT2D eigenvalue weighted by Gasteiger charge is 2.29. The van der Waals surface area contributed by atoms with Crippen LogP contribution in [0.15, 0.2) is 30.3 Å². The lowest BCUT2D eigenvalue weighted by Crippen LogP contribution is -2.39. The molecule has 1 N–H and O–H groups in total. The molecule has 132 valence electrons. The topological polar surface area (TPSA) is 50.2 Å². The first-order chi connectivity index (χ1) is 12.2. The second-order valence-corrected chi connectivity index (χ2v) is 7.25. The van der Waals surface area contributed by atoms with Gasteiger partial charge in [0, 0.05) is 50.9 Å². The first-order valence-corrected chi connectivity index (χ1v) is 9.31. The SMILES string of the molecule is Cn1nc(C(=O)N2CCC(Cc3ccccc3)CC2)c2c1CCNC2. The van der Waals surface area contributed by atoms with Crippen molar-refractivity contribution < 1.29 is 4.79 Å². The zero-order chi connectivity index (χ0) is 17.2. The van der Waals surface area contributed by atoms with E-state index in [-0.39, 0.29) is 5.91 Å². The Hall–Kier alpha value is -2.14. The quantitative estimate of drug-likeness (QED) is 0.933. The maximum atomic E-state index is 13.0. The molecule has 1 aromatic carbocycles. The molecule has 2 aliphatic rings. The van der Waals surface area contributed by atoms with Crippen molar-refractivity contribution >= 4 is 5.91 Å². The number of aryl methyl sites for hydroxylation is 1. The van der Waals surface area contributed by atoms with Crippen molar-refractivity contribution in [2.45, 2.75) is 32.2 Å². The highest BCUT2D eigenvalue weighted by molar-refractivity contribution is 5.94. The van der Waals surface area contributed by atoms with E-state index < -0.39 is 0 Å². The number of amides is 1. The van der Waals surface area contributed by atoms with Crippen LogP contribution in [0.2, 0.25) is 0 Å². The van der Waals surface area contributed by atoms with Gasteiger partial charge in [-0.25, -0.2) is 0 Å². The lowest BCUT2D eigenvalue weighted by Gasteiger charge is -2.32. The summed E-state index contributed by atoms with van der Waals surface area (Å²) in [6.45, 7) is 3.41. The van der Waals surface area contributed by atoms with Crippen molar-refractivity contribution in [3.63, 3.8) is 0 Å². The number of hydrogen-bond donors (Lipinski definition) is 1. The summed E-state index contributed by atoms with van der Waals surface area (Å²) in [6.07, 6.45) is 4.22. The van der Waals surface area contributed by atoms with Crippen molar-refractivity contribution in [3.05, 3.63) is 52.8 Å². The third kappa shape index (κ3) is 3.33. The van der Waals surface area contributed by atoms with E-state index in [9.17, 15) is 4.79 Å². The number of nitrogens with zero attached hydrogens (tertiary/aromatic N) is 3. The minimum atomic E-state index is 0.110. The van der Waals surface area contributed by atoms with E-state index in [0.29, 0.717) is 11.6 Å². The van der Waals surface area contributed by atoms with Crippen molar-refractivity contribution in [1.82, 2.24) is 20.0 Å². The number of piperidine rings is 1. The van der Waals surface area contributed by atoms with Gasteiger partial charge in [-0.1, -0.05) is 30.3 Å². The molecule has 0 aliphatic carbocycles. The van der Waals surface area contributed by atoms with Gasteiger partial charge in [-0.3, -0.25) is 9.48 Å². The van der Waals surface area contributed by atoms with Crippen LogP contribution in [0.5, 0.6) is 0 Å². The van der Waals surface area contributed by atoms with E-state index in [1.807, 2.05) is 16.6 Å². The highest BCUT2D eigenvalue weighted by atomic mass is 16.2. The van der Waals surface area contributed by atoms with E-state index in [1.165, 1.54) is 11.3 Å². The van der Waals surface area contributed by atoms with Gasteiger partial charge in [0.25, 0.3) is 5.91 Å². The van der Waals surface area contributed by atoms with Crippen LogP contribution in [0.25, 0.3) is 0 Å². The Kier molecular flexibility index (Phi) is 4.57. The Morgan fingerprint density at radius 1 is 1.24 bits per heavy atom. The first-order valence-electron chi connectivity index (χ1n) is 9.31. The molecule has 2 aliphatic heterocycles. The van der Waals surface area contributed by atoms with Gasteiger partial charge >= 0.3 is 0 Å². The number of hydrogen-bond acceptors (Lipinski definition) is 3. The van der Waals surface area contributed by atoms with Crippen molar-refractivity contribution in [1.29, 1.82) is 0 Å². The second-order valence-electron chi connectivity index (χ2n) is 7.25. The molecule has 0 radical (unpaired) electrons. The minimum absolute atomic E-state index is 0.110. The molecule has 1 saturated heterocycles. The first kappa shape index (κ1) is 16.3. The standard InChI is InChI=1S/C20H26N4O/c1-23-18-7-10-21-14-17(18)19(22-23)20(25)24-11-8-16(9-12-24)13-15-5-3-2-4-6-15/h2-6,16,21H,7-14H2,1H3. The van der Waals surface area contributed by atoms with Gasteiger partial charge in [0.15, 0.2) is 5.69 Å². The monoisotopic (exact) mass is 338 g/mol. The number of carbonyl (C=O) groups is 1. The number of rotatable bonds is 3. The molecular weight excluding hydrogens is 312 g/mol. The van der Waals surface area contributed by atoms with Crippen LogP contribution in [0, 0.1) is 5.92 Å². The summed E-state index contributed by atoms with van der Waals surface area (Å²) in [4.78, 5) is 15.0. The summed E-state index contributed by atoms with van der Waals surface area (Å²) < 4.78 is 1.89. The van der Waals surface area contributed by atoms with E-state index in [4.69, 9.17) is 0 Å². The average Bonchev–Trinajstić information content (AvgIpc) is 3.00. The molecule has 25 heavy (non-hydrogen) atoms. The predicted octanol–water partition coefficient (Wildman–Crippen LogP) is 2.16. The number of nitrogens with one attached hydrogen (secondary N) is 1. The van der Waals surface area contributed by atoms with Crippen LogP contribution in [-0.4, -0.2) is 40.2 Å². The van der Waals surface area contributed by atoms with Gasteiger partial charge in [0.1, 0.15) is 0 Å². The maximum absolute atomic E-state index is 13.0. The molecule has 0 unspecified atom stereocenters. The van der Waals surface area contributed by atoms with Crippen LogP contribution >= 0.6 is 0 Å². The highest BCUT2D eigenvalue weighted by Crippen LogP contribution is 2.25. The fourth-order valence-corrected chi connectivity index (χ4v) is 4.13. The third-order valence-electron chi connectivity index (χ3n) is 5.59. The normalized spacial score (nSPS) is 18.2. The van der Waals surface area contributed by atoms with Crippen molar-refractivity contribution in [3.8, 4) is 0 Å². The fourth-order valence-electron chi connectivity index (χ4n) is 4.13. The van der Waals surface area contributed by atoms with Crippen LogP contribution in [0.3, 0.4) is 0 Å². The summed E-state index contributed by atoms with van der Waals surface area (Å²) in [7, 11) is 1.95. The molecule has 0 spiro atoms. The van der Waals surface area contributed by atoms with Gasteiger partial charge in [-0.15, -0.1) is 0 Å². The fraction of sp³-hybridized carbons (Fsp3) is 0.500.